The smallest absolute Gasteiger partial charge is 0.134 e. The van der Waals surface area contributed by atoms with Gasteiger partial charge in [0.2, 0.25) is 0 Å². The van der Waals surface area contributed by atoms with Crippen LogP contribution in [0.15, 0.2) is 108 Å². The van der Waals surface area contributed by atoms with E-state index in [1.807, 2.05) is 0 Å². The van der Waals surface area contributed by atoms with Crippen molar-refractivity contribution in [3.63, 3.8) is 0 Å². The summed E-state index contributed by atoms with van der Waals surface area (Å²) in [5, 5.41) is 4.08. The summed E-state index contributed by atoms with van der Waals surface area (Å²) >= 11 is 3.72. The van der Waals surface area contributed by atoms with Crippen LogP contribution in [0.1, 0.15) is 32.3 Å². The Morgan fingerprint density at radius 1 is 0.611 bits per heavy atom. The molecule has 0 spiro atoms. The maximum atomic E-state index is 6.31. The molecule has 0 aliphatic heterocycles. The minimum atomic E-state index is -2.05. The van der Waals surface area contributed by atoms with Crippen molar-refractivity contribution in [1.82, 2.24) is 0 Å². The molecule has 5 heteroatoms. The number of rotatable bonds is 11. The lowest BCUT2D eigenvalue weighted by molar-refractivity contribution is -0.00000772. The largest absolute Gasteiger partial charge is 1.00 e. The van der Waals surface area contributed by atoms with Gasteiger partial charge >= 0.3 is 0 Å². The molecule has 0 aromatic heterocycles. The molecule has 0 aliphatic carbocycles. The standard InChI is InChI=1S/C31H33BrO2P.BrH/c1-3-20-33-30-23-29(32)31(34-21-4-2)22-25(30)24-35(26-14-8-5-9-15-26,27-16-10-6-11-17-27)28-18-12-7-13-19-28;/h5-19,22-23H,3-4,20-21,24H2,1-2H3;1H/q+1;/p-1. The molecule has 4 aromatic rings. The molecule has 0 fully saturated rings. The van der Waals surface area contributed by atoms with Crippen LogP contribution >= 0.6 is 23.2 Å². The van der Waals surface area contributed by atoms with Crippen molar-refractivity contribution in [2.75, 3.05) is 13.2 Å². The Morgan fingerprint density at radius 3 is 1.44 bits per heavy atom. The second kappa shape index (κ2) is 14.0. The molecule has 4 aromatic carbocycles. The number of halogens is 2. The molecule has 0 saturated heterocycles. The molecule has 36 heavy (non-hydrogen) atoms. The maximum Gasteiger partial charge on any atom is 0.134 e. The van der Waals surface area contributed by atoms with Crippen molar-refractivity contribution in [2.24, 2.45) is 0 Å². The first-order valence-electron chi connectivity index (χ1n) is 12.3. The zero-order chi connectivity index (χ0) is 24.5. The van der Waals surface area contributed by atoms with Gasteiger partial charge in [-0.05, 0) is 77.3 Å². The first-order valence-corrected chi connectivity index (χ1v) is 15.1. The topological polar surface area (TPSA) is 18.5 Å². The van der Waals surface area contributed by atoms with Crippen molar-refractivity contribution in [2.45, 2.75) is 32.9 Å². The highest BCUT2D eigenvalue weighted by molar-refractivity contribution is 9.10. The van der Waals surface area contributed by atoms with E-state index in [0.29, 0.717) is 13.2 Å². The van der Waals surface area contributed by atoms with Gasteiger partial charge in [0.05, 0.1) is 17.7 Å². The zero-order valence-electron chi connectivity index (χ0n) is 20.9. The summed E-state index contributed by atoms with van der Waals surface area (Å²) < 4.78 is 13.4. The lowest BCUT2D eigenvalue weighted by Gasteiger charge is -2.28. The van der Waals surface area contributed by atoms with Gasteiger partial charge in [0, 0.05) is 5.56 Å². The Bertz CT molecular complexity index is 1100. The average molecular weight is 628 g/mol. The number of hydrogen-bond acceptors (Lipinski definition) is 2. The Balaban J connectivity index is 0.00000361. The summed E-state index contributed by atoms with van der Waals surface area (Å²) in [5.74, 6) is 1.80. The van der Waals surface area contributed by atoms with E-state index in [1.54, 1.807) is 0 Å². The van der Waals surface area contributed by atoms with Crippen LogP contribution in [0.5, 0.6) is 11.5 Å². The summed E-state index contributed by atoms with van der Waals surface area (Å²) in [4.78, 5) is 0. The maximum absolute atomic E-state index is 6.31. The van der Waals surface area contributed by atoms with Gasteiger partial charge in [-0.15, -0.1) is 0 Å². The summed E-state index contributed by atoms with van der Waals surface area (Å²) in [5.41, 5.74) is 1.18. The molecular weight excluding hydrogens is 595 g/mol. The summed E-state index contributed by atoms with van der Waals surface area (Å²) in [6.45, 7) is 5.64. The highest BCUT2D eigenvalue weighted by Crippen LogP contribution is 2.59. The van der Waals surface area contributed by atoms with Gasteiger partial charge in [0.15, 0.2) is 0 Å². The van der Waals surface area contributed by atoms with Gasteiger partial charge in [0.1, 0.15) is 40.8 Å². The molecular formula is C31H33Br2O2P. The molecule has 0 bridgehead atoms. The van der Waals surface area contributed by atoms with E-state index in [0.717, 1.165) is 35.0 Å². The van der Waals surface area contributed by atoms with Crippen LogP contribution < -0.4 is 42.4 Å². The van der Waals surface area contributed by atoms with Gasteiger partial charge in [-0.1, -0.05) is 68.4 Å². The molecule has 4 rings (SSSR count). The van der Waals surface area contributed by atoms with E-state index < -0.39 is 7.26 Å². The molecule has 0 aliphatic rings. The fourth-order valence-electron chi connectivity index (χ4n) is 4.39. The van der Waals surface area contributed by atoms with E-state index in [2.05, 4.69) is 133 Å². The molecule has 0 heterocycles. The molecule has 0 radical (unpaired) electrons. The second-order valence-corrected chi connectivity index (χ2v) is 12.9. The fourth-order valence-corrected chi connectivity index (χ4v) is 9.07. The van der Waals surface area contributed by atoms with Crippen LogP contribution in [0.3, 0.4) is 0 Å². The normalized spacial score (nSPS) is 11.0. The van der Waals surface area contributed by atoms with Crippen LogP contribution in [0.25, 0.3) is 0 Å². The van der Waals surface area contributed by atoms with E-state index in [4.69, 9.17) is 9.47 Å². The molecule has 0 amide bonds. The fraction of sp³-hybridized carbons (Fsp3) is 0.226. The lowest BCUT2D eigenvalue weighted by Crippen LogP contribution is -3.00. The number of benzene rings is 4. The molecule has 0 atom stereocenters. The highest BCUT2D eigenvalue weighted by Gasteiger charge is 2.46. The minimum Gasteiger partial charge on any atom is -1.00 e. The van der Waals surface area contributed by atoms with E-state index in [9.17, 15) is 0 Å². The Morgan fingerprint density at radius 2 is 1.03 bits per heavy atom. The van der Waals surface area contributed by atoms with Crippen molar-refractivity contribution in [3.8, 4) is 11.5 Å². The third-order valence-corrected chi connectivity index (χ3v) is 11.0. The zero-order valence-corrected chi connectivity index (χ0v) is 24.9. The number of hydrogen-bond donors (Lipinski definition) is 0. The number of ether oxygens (including phenoxy) is 2. The Hall–Kier alpha value is -2.13. The van der Waals surface area contributed by atoms with Crippen LogP contribution in [-0.2, 0) is 6.16 Å². The Labute approximate surface area is 235 Å². The third-order valence-electron chi connectivity index (χ3n) is 6.04. The van der Waals surface area contributed by atoms with Crippen molar-refractivity contribution >= 4 is 39.1 Å². The van der Waals surface area contributed by atoms with Gasteiger partial charge in [0.25, 0.3) is 0 Å². The van der Waals surface area contributed by atoms with Gasteiger partial charge < -0.3 is 26.5 Å². The monoisotopic (exact) mass is 626 g/mol. The highest BCUT2D eigenvalue weighted by atomic mass is 79.9. The van der Waals surface area contributed by atoms with Crippen LogP contribution in [0.4, 0.5) is 0 Å². The quantitative estimate of drug-likeness (QED) is 0.228. The molecule has 2 nitrogen and oxygen atoms in total. The van der Waals surface area contributed by atoms with Gasteiger partial charge in [-0.2, -0.15) is 0 Å². The van der Waals surface area contributed by atoms with Gasteiger partial charge in [-0.25, -0.2) is 0 Å². The van der Waals surface area contributed by atoms with Crippen molar-refractivity contribution < 1.29 is 26.5 Å². The summed E-state index contributed by atoms with van der Waals surface area (Å²) in [7, 11) is -2.05. The summed E-state index contributed by atoms with van der Waals surface area (Å²) in [6, 6.07) is 37.2. The SMILES string of the molecule is CCCOc1cc(C[P+](c2ccccc2)(c2ccccc2)c2ccccc2)c(OCCC)cc1Br.[Br-]. The van der Waals surface area contributed by atoms with Gasteiger partial charge in [-0.3, -0.25) is 0 Å². The Kier molecular flexibility index (Phi) is 11.0. The molecule has 0 saturated carbocycles. The summed E-state index contributed by atoms with van der Waals surface area (Å²) in [6.07, 6.45) is 2.77. The van der Waals surface area contributed by atoms with Crippen LogP contribution in [0.2, 0.25) is 0 Å². The van der Waals surface area contributed by atoms with Crippen molar-refractivity contribution in [3.05, 3.63) is 113 Å². The van der Waals surface area contributed by atoms with Crippen molar-refractivity contribution in [1.29, 1.82) is 0 Å². The second-order valence-electron chi connectivity index (χ2n) is 8.56. The molecule has 0 unspecified atom stereocenters. The predicted octanol–water partition coefficient (Wildman–Crippen LogP) is 4.52. The van der Waals surface area contributed by atoms with E-state index >= 15 is 0 Å². The van der Waals surface area contributed by atoms with E-state index in [1.165, 1.54) is 21.5 Å². The van der Waals surface area contributed by atoms with E-state index in [-0.39, 0.29) is 17.0 Å². The van der Waals surface area contributed by atoms with Crippen LogP contribution in [-0.4, -0.2) is 13.2 Å². The first kappa shape index (κ1) is 28.4. The van der Waals surface area contributed by atoms with Crippen LogP contribution in [0, 0.1) is 0 Å². The molecule has 0 N–H and O–H groups in total. The minimum absolute atomic E-state index is 0. The first-order chi connectivity index (χ1) is 17.2. The molecule has 188 valence electrons. The average Bonchev–Trinajstić information content (AvgIpc) is 2.92. The predicted molar refractivity (Wildman–Crippen MR) is 155 cm³/mol. The third kappa shape index (κ3) is 6.40. The lowest BCUT2D eigenvalue weighted by atomic mass is 10.2.